The third kappa shape index (κ3) is 4.06. The Bertz CT molecular complexity index is 663. The molecule has 3 nitrogen and oxygen atoms in total. The molecule has 0 unspecified atom stereocenters. The van der Waals surface area contributed by atoms with E-state index in [9.17, 15) is 8.42 Å². The smallest absolute Gasteiger partial charge is 0.210 e. The molecule has 2 aromatic rings. The summed E-state index contributed by atoms with van der Waals surface area (Å²) in [5.41, 5.74) is 2.40. The molecule has 0 aliphatic rings. The molecule has 0 atom stereocenters. The van der Waals surface area contributed by atoms with E-state index in [1.165, 1.54) is 11.6 Å². The van der Waals surface area contributed by atoms with Gasteiger partial charge in [-0.15, -0.1) is 11.3 Å². The maximum absolute atomic E-state index is 12.0. The SMILES string of the molecule is CCc1ccc(CCNS(=O)(=O)c2ccc(Cl)s2)cc1. The molecule has 0 spiro atoms. The second kappa shape index (κ2) is 6.72. The Kier molecular flexibility index (Phi) is 5.21. The van der Waals surface area contributed by atoms with Crippen molar-refractivity contribution in [2.75, 3.05) is 6.54 Å². The Labute approximate surface area is 128 Å². The summed E-state index contributed by atoms with van der Waals surface area (Å²) in [7, 11) is -3.44. The molecule has 20 heavy (non-hydrogen) atoms. The van der Waals surface area contributed by atoms with Crippen LogP contribution < -0.4 is 4.72 Å². The molecule has 1 heterocycles. The second-order valence-corrected chi connectivity index (χ2v) is 8.09. The first kappa shape index (κ1) is 15.5. The van der Waals surface area contributed by atoms with Gasteiger partial charge in [-0.05, 0) is 36.1 Å². The second-order valence-electron chi connectivity index (χ2n) is 4.38. The van der Waals surface area contributed by atoms with Crippen LogP contribution in [0.3, 0.4) is 0 Å². The van der Waals surface area contributed by atoms with Gasteiger partial charge < -0.3 is 0 Å². The van der Waals surface area contributed by atoms with Crippen molar-refractivity contribution in [3.05, 3.63) is 51.9 Å². The minimum Gasteiger partial charge on any atom is -0.210 e. The summed E-state index contributed by atoms with van der Waals surface area (Å²) < 4.78 is 27.3. The summed E-state index contributed by atoms with van der Waals surface area (Å²) in [5.74, 6) is 0. The molecule has 0 aliphatic carbocycles. The molecule has 0 radical (unpaired) electrons. The molecule has 0 saturated carbocycles. The highest BCUT2D eigenvalue weighted by atomic mass is 35.5. The number of benzene rings is 1. The summed E-state index contributed by atoms with van der Waals surface area (Å²) in [6, 6.07) is 11.3. The molecule has 2 rings (SSSR count). The van der Waals surface area contributed by atoms with Crippen LogP contribution in [0.2, 0.25) is 4.34 Å². The van der Waals surface area contributed by atoms with E-state index in [0.717, 1.165) is 23.3 Å². The van der Waals surface area contributed by atoms with Gasteiger partial charge in [0.15, 0.2) is 0 Å². The maximum Gasteiger partial charge on any atom is 0.250 e. The minimum absolute atomic E-state index is 0.254. The fraction of sp³-hybridized carbons (Fsp3) is 0.286. The van der Waals surface area contributed by atoms with Crippen LogP contribution in [0.25, 0.3) is 0 Å². The van der Waals surface area contributed by atoms with Crippen LogP contribution in [0.1, 0.15) is 18.1 Å². The Morgan fingerprint density at radius 2 is 1.75 bits per heavy atom. The number of hydrogen-bond acceptors (Lipinski definition) is 3. The molecule has 0 amide bonds. The molecular formula is C14H16ClNO2S2. The molecule has 0 saturated heterocycles. The zero-order chi connectivity index (χ0) is 14.6. The zero-order valence-electron chi connectivity index (χ0n) is 11.1. The first-order chi connectivity index (χ1) is 9.51. The van der Waals surface area contributed by atoms with Crippen LogP contribution in [-0.4, -0.2) is 15.0 Å². The van der Waals surface area contributed by atoms with Crippen molar-refractivity contribution in [3.63, 3.8) is 0 Å². The van der Waals surface area contributed by atoms with Gasteiger partial charge in [0.2, 0.25) is 10.0 Å². The predicted octanol–water partition coefficient (Wildman–Crippen LogP) is 3.48. The van der Waals surface area contributed by atoms with Crippen molar-refractivity contribution in [1.29, 1.82) is 0 Å². The molecular weight excluding hydrogens is 314 g/mol. The van der Waals surface area contributed by atoms with Gasteiger partial charge >= 0.3 is 0 Å². The van der Waals surface area contributed by atoms with Crippen molar-refractivity contribution in [1.82, 2.24) is 4.72 Å². The Balaban J connectivity index is 1.91. The van der Waals surface area contributed by atoms with Gasteiger partial charge in [0.1, 0.15) is 4.21 Å². The number of hydrogen-bond donors (Lipinski definition) is 1. The summed E-state index contributed by atoms with van der Waals surface area (Å²) in [4.78, 5) is 0. The zero-order valence-corrected chi connectivity index (χ0v) is 13.5. The third-order valence-corrected chi connectivity index (χ3v) is 6.13. The fourth-order valence-electron chi connectivity index (χ4n) is 1.78. The fourth-order valence-corrected chi connectivity index (χ4v) is 4.34. The number of aryl methyl sites for hydroxylation is 1. The van der Waals surface area contributed by atoms with Gasteiger partial charge in [0.05, 0.1) is 4.34 Å². The Hall–Kier alpha value is -0.880. The van der Waals surface area contributed by atoms with E-state index in [1.807, 2.05) is 12.1 Å². The molecule has 0 fully saturated rings. The van der Waals surface area contributed by atoms with E-state index in [4.69, 9.17) is 11.6 Å². The number of halogens is 1. The first-order valence-corrected chi connectivity index (χ1v) is 9.02. The van der Waals surface area contributed by atoms with Gasteiger partial charge in [0.25, 0.3) is 0 Å². The lowest BCUT2D eigenvalue weighted by Gasteiger charge is -2.05. The summed E-state index contributed by atoms with van der Waals surface area (Å²) in [5, 5.41) is 0. The van der Waals surface area contributed by atoms with E-state index < -0.39 is 10.0 Å². The highest BCUT2D eigenvalue weighted by Crippen LogP contribution is 2.25. The van der Waals surface area contributed by atoms with Crippen LogP contribution in [0.5, 0.6) is 0 Å². The van der Waals surface area contributed by atoms with E-state index in [1.54, 1.807) is 6.07 Å². The average Bonchev–Trinajstić information content (AvgIpc) is 2.87. The normalized spacial score (nSPS) is 11.7. The molecule has 1 N–H and O–H groups in total. The monoisotopic (exact) mass is 329 g/mol. The molecule has 1 aromatic heterocycles. The van der Waals surface area contributed by atoms with Gasteiger partial charge in [-0.1, -0.05) is 42.8 Å². The van der Waals surface area contributed by atoms with E-state index in [-0.39, 0.29) is 4.21 Å². The van der Waals surface area contributed by atoms with Crippen molar-refractivity contribution in [2.45, 2.75) is 24.0 Å². The maximum atomic E-state index is 12.0. The number of nitrogens with one attached hydrogen (secondary N) is 1. The lowest BCUT2D eigenvalue weighted by molar-refractivity contribution is 0.584. The number of sulfonamides is 1. The highest BCUT2D eigenvalue weighted by Gasteiger charge is 2.15. The van der Waals surface area contributed by atoms with Crippen LogP contribution >= 0.6 is 22.9 Å². The van der Waals surface area contributed by atoms with Gasteiger partial charge in [-0.25, -0.2) is 13.1 Å². The number of thiophene rings is 1. The van der Waals surface area contributed by atoms with Crippen molar-refractivity contribution in [3.8, 4) is 0 Å². The van der Waals surface area contributed by atoms with Crippen LogP contribution in [0.15, 0.2) is 40.6 Å². The Morgan fingerprint density at radius 1 is 1.10 bits per heavy atom. The van der Waals surface area contributed by atoms with Crippen LogP contribution in [0.4, 0.5) is 0 Å². The van der Waals surface area contributed by atoms with E-state index in [0.29, 0.717) is 17.3 Å². The Morgan fingerprint density at radius 3 is 2.30 bits per heavy atom. The van der Waals surface area contributed by atoms with Crippen molar-refractivity contribution >= 4 is 33.0 Å². The summed E-state index contributed by atoms with van der Waals surface area (Å²) in [6.45, 7) is 2.48. The van der Waals surface area contributed by atoms with Crippen LogP contribution in [0, 0.1) is 0 Å². The van der Waals surface area contributed by atoms with Gasteiger partial charge in [-0.3, -0.25) is 0 Å². The van der Waals surface area contributed by atoms with E-state index in [2.05, 4.69) is 23.8 Å². The largest absolute Gasteiger partial charge is 0.250 e. The van der Waals surface area contributed by atoms with Crippen LogP contribution in [-0.2, 0) is 22.9 Å². The highest BCUT2D eigenvalue weighted by molar-refractivity contribution is 7.91. The minimum atomic E-state index is -3.44. The number of rotatable bonds is 6. The van der Waals surface area contributed by atoms with Crippen molar-refractivity contribution < 1.29 is 8.42 Å². The molecule has 0 bridgehead atoms. The van der Waals surface area contributed by atoms with Gasteiger partial charge in [0, 0.05) is 6.54 Å². The third-order valence-electron chi connectivity index (χ3n) is 2.95. The molecule has 0 aliphatic heterocycles. The lowest BCUT2D eigenvalue weighted by atomic mass is 10.1. The molecule has 6 heteroatoms. The summed E-state index contributed by atoms with van der Waals surface area (Å²) in [6.07, 6.45) is 1.67. The first-order valence-electron chi connectivity index (χ1n) is 6.34. The summed E-state index contributed by atoms with van der Waals surface area (Å²) >= 11 is 6.81. The lowest BCUT2D eigenvalue weighted by Crippen LogP contribution is -2.25. The topological polar surface area (TPSA) is 46.2 Å². The predicted molar refractivity (Wildman–Crippen MR) is 84.0 cm³/mol. The standard InChI is InChI=1S/C14H16ClNO2S2/c1-2-11-3-5-12(6-4-11)9-10-16-20(17,18)14-8-7-13(15)19-14/h3-8,16H,2,9-10H2,1H3. The quantitative estimate of drug-likeness (QED) is 0.881. The van der Waals surface area contributed by atoms with Crippen molar-refractivity contribution in [2.24, 2.45) is 0 Å². The van der Waals surface area contributed by atoms with E-state index >= 15 is 0 Å². The molecule has 108 valence electrons. The van der Waals surface area contributed by atoms with Gasteiger partial charge in [-0.2, -0.15) is 0 Å². The molecule has 1 aromatic carbocycles. The average molecular weight is 330 g/mol.